The normalized spacial score (nSPS) is 40.8. The second-order valence-electron chi connectivity index (χ2n) is 3.25. The van der Waals surface area contributed by atoms with Crippen LogP contribution in [0.2, 0.25) is 0 Å². The minimum Gasteiger partial charge on any atom is -0.313 e. The molecule has 0 spiro atoms. The van der Waals surface area contributed by atoms with Gasteiger partial charge in [0.15, 0.2) is 0 Å². The summed E-state index contributed by atoms with van der Waals surface area (Å²) in [7, 11) is 0. The van der Waals surface area contributed by atoms with Gasteiger partial charge >= 0.3 is 0 Å². The Labute approximate surface area is 67.0 Å². The first kappa shape index (κ1) is 6.99. The van der Waals surface area contributed by atoms with Gasteiger partial charge in [-0.3, -0.25) is 0 Å². The molecule has 0 aromatic heterocycles. The van der Waals surface area contributed by atoms with E-state index >= 15 is 0 Å². The number of nitrogens with one attached hydrogen (secondary N) is 1. The van der Waals surface area contributed by atoms with E-state index in [4.69, 9.17) is 0 Å². The second kappa shape index (κ2) is 3.14. The van der Waals surface area contributed by atoms with Gasteiger partial charge in [0.25, 0.3) is 0 Å². The van der Waals surface area contributed by atoms with E-state index in [-0.39, 0.29) is 0 Å². The third-order valence-corrected chi connectivity index (χ3v) is 4.04. The van der Waals surface area contributed by atoms with Crippen LogP contribution >= 0.6 is 11.8 Å². The predicted octanol–water partition coefficient (Wildman–Crippen LogP) is 1.63. The number of thioether (sulfide) groups is 1. The van der Waals surface area contributed by atoms with Gasteiger partial charge in [-0.2, -0.15) is 11.8 Å². The molecule has 0 aromatic rings. The van der Waals surface area contributed by atoms with Gasteiger partial charge in [0.05, 0.1) is 0 Å². The van der Waals surface area contributed by atoms with E-state index in [1.807, 2.05) is 0 Å². The van der Waals surface area contributed by atoms with E-state index in [2.05, 4.69) is 17.1 Å². The SMILES string of the molecule is C1CCC2NCCC2SC1. The largest absolute Gasteiger partial charge is 0.313 e. The predicted molar refractivity (Wildman–Crippen MR) is 46.5 cm³/mol. The van der Waals surface area contributed by atoms with Crippen LogP contribution in [-0.2, 0) is 0 Å². The zero-order chi connectivity index (χ0) is 6.81. The average Bonchev–Trinajstić information content (AvgIpc) is 2.28. The van der Waals surface area contributed by atoms with E-state index < -0.39 is 0 Å². The molecule has 2 heterocycles. The lowest BCUT2D eigenvalue weighted by Gasteiger charge is -2.13. The van der Waals surface area contributed by atoms with E-state index in [1.54, 1.807) is 0 Å². The van der Waals surface area contributed by atoms with Gasteiger partial charge in [-0.15, -0.1) is 0 Å². The van der Waals surface area contributed by atoms with Gasteiger partial charge < -0.3 is 5.32 Å². The van der Waals surface area contributed by atoms with Crippen LogP contribution in [0.3, 0.4) is 0 Å². The summed E-state index contributed by atoms with van der Waals surface area (Å²) in [5, 5.41) is 4.54. The molecular weight excluding hydrogens is 142 g/mol. The Kier molecular flexibility index (Phi) is 2.19. The highest BCUT2D eigenvalue weighted by molar-refractivity contribution is 7.99. The Balaban J connectivity index is 1.95. The van der Waals surface area contributed by atoms with Crippen LogP contribution in [0.25, 0.3) is 0 Å². The van der Waals surface area contributed by atoms with Crippen molar-refractivity contribution >= 4 is 11.8 Å². The summed E-state index contributed by atoms with van der Waals surface area (Å²) >= 11 is 2.19. The number of fused-ring (bicyclic) bond motifs is 1. The zero-order valence-electron chi connectivity index (χ0n) is 6.31. The van der Waals surface area contributed by atoms with Gasteiger partial charge in [0.2, 0.25) is 0 Å². The Morgan fingerprint density at radius 1 is 1.20 bits per heavy atom. The van der Waals surface area contributed by atoms with Crippen LogP contribution in [0.5, 0.6) is 0 Å². The highest BCUT2D eigenvalue weighted by Crippen LogP contribution is 2.29. The molecule has 58 valence electrons. The maximum Gasteiger partial charge on any atom is 0.0213 e. The highest BCUT2D eigenvalue weighted by Gasteiger charge is 2.27. The van der Waals surface area contributed by atoms with Crippen molar-refractivity contribution < 1.29 is 0 Å². The Morgan fingerprint density at radius 3 is 3.20 bits per heavy atom. The summed E-state index contributed by atoms with van der Waals surface area (Å²) in [6.45, 7) is 1.27. The molecule has 2 aliphatic heterocycles. The minimum absolute atomic E-state index is 0.868. The third-order valence-electron chi connectivity index (χ3n) is 2.53. The molecule has 2 aliphatic rings. The van der Waals surface area contributed by atoms with Gasteiger partial charge in [-0.25, -0.2) is 0 Å². The monoisotopic (exact) mass is 157 g/mol. The molecule has 1 nitrogen and oxygen atoms in total. The Hall–Kier alpha value is 0.310. The first-order valence-corrected chi connectivity index (χ1v) is 5.37. The zero-order valence-corrected chi connectivity index (χ0v) is 7.12. The van der Waals surface area contributed by atoms with Crippen LogP contribution in [0, 0.1) is 0 Å². The molecule has 2 atom stereocenters. The molecule has 0 bridgehead atoms. The number of hydrogen-bond acceptors (Lipinski definition) is 2. The van der Waals surface area contributed by atoms with Crippen LogP contribution in [0.15, 0.2) is 0 Å². The molecule has 2 rings (SSSR count). The highest BCUT2D eigenvalue weighted by atomic mass is 32.2. The molecular formula is C8H15NS. The number of rotatable bonds is 0. The van der Waals surface area contributed by atoms with Crippen LogP contribution in [0.4, 0.5) is 0 Å². The lowest BCUT2D eigenvalue weighted by Crippen LogP contribution is -2.27. The summed E-state index contributed by atoms with van der Waals surface area (Å²) in [5.74, 6) is 1.41. The molecule has 0 amide bonds. The first-order valence-electron chi connectivity index (χ1n) is 4.32. The van der Waals surface area contributed by atoms with Gasteiger partial charge in [0, 0.05) is 11.3 Å². The van der Waals surface area contributed by atoms with Gasteiger partial charge in [-0.1, -0.05) is 6.42 Å². The van der Waals surface area contributed by atoms with Crippen molar-refractivity contribution in [2.24, 2.45) is 0 Å². The summed E-state index contributed by atoms with van der Waals surface area (Å²) in [6.07, 6.45) is 5.73. The summed E-state index contributed by atoms with van der Waals surface area (Å²) in [4.78, 5) is 0. The quantitative estimate of drug-likeness (QED) is 0.573. The fraction of sp³-hybridized carbons (Fsp3) is 1.00. The topological polar surface area (TPSA) is 12.0 Å². The average molecular weight is 157 g/mol. The summed E-state index contributed by atoms with van der Waals surface area (Å²) in [5.41, 5.74) is 0. The van der Waals surface area contributed by atoms with E-state index in [0.717, 1.165) is 11.3 Å². The lowest BCUT2D eigenvalue weighted by atomic mass is 10.1. The second-order valence-corrected chi connectivity index (χ2v) is 4.60. The first-order chi connectivity index (χ1) is 4.97. The van der Waals surface area contributed by atoms with Crippen molar-refractivity contribution in [2.75, 3.05) is 12.3 Å². The smallest absolute Gasteiger partial charge is 0.0213 e. The standard InChI is InChI=1S/C8H15NS/c1-2-6-10-8-4-5-9-7(8)3-1/h7-9H,1-6H2. The van der Waals surface area contributed by atoms with Crippen molar-refractivity contribution in [3.63, 3.8) is 0 Å². The maximum absolute atomic E-state index is 3.58. The molecule has 2 unspecified atom stereocenters. The van der Waals surface area contributed by atoms with Crippen molar-refractivity contribution in [1.82, 2.24) is 5.32 Å². The minimum atomic E-state index is 0.868. The van der Waals surface area contributed by atoms with Crippen LogP contribution < -0.4 is 5.32 Å². The molecule has 2 heteroatoms. The molecule has 0 saturated carbocycles. The van der Waals surface area contributed by atoms with Crippen LogP contribution in [0.1, 0.15) is 25.7 Å². The van der Waals surface area contributed by atoms with Crippen molar-refractivity contribution in [3.05, 3.63) is 0 Å². The Morgan fingerprint density at radius 2 is 2.20 bits per heavy atom. The third kappa shape index (κ3) is 1.32. The van der Waals surface area contributed by atoms with Gasteiger partial charge in [-0.05, 0) is 31.6 Å². The van der Waals surface area contributed by atoms with Crippen molar-refractivity contribution in [3.8, 4) is 0 Å². The lowest BCUT2D eigenvalue weighted by molar-refractivity contribution is 0.550. The summed E-state index contributed by atoms with van der Waals surface area (Å²) in [6, 6.07) is 0.868. The Bertz CT molecular complexity index is 104. The summed E-state index contributed by atoms with van der Waals surface area (Å²) < 4.78 is 0. The van der Waals surface area contributed by atoms with Crippen molar-refractivity contribution in [1.29, 1.82) is 0 Å². The molecule has 0 aliphatic carbocycles. The molecule has 2 saturated heterocycles. The molecule has 0 radical (unpaired) electrons. The van der Waals surface area contributed by atoms with E-state index in [9.17, 15) is 0 Å². The fourth-order valence-electron chi connectivity index (χ4n) is 1.93. The molecule has 1 N–H and O–H groups in total. The fourth-order valence-corrected chi connectivity index (χ4v) is 3.35. The molecule has 2 fully saturated rings. The molecule has 10 heavy (non-hydrogen) atoms. The van der Waals surface area contributed by atoms with E-state index in [1.165, 1.54) is 38.0 Å². The van der Waals surface area contributed by atoms with Crippen molar-refractivity contribution in [2.45, 2.75) is 37.0 Å². The number of hydrogen-bond donors (Lipinski definition) is 1. The molecule has 0 aromatic carbocycles. The van der Waals surface area contributed by atoms with E-state index in [0.29, 0.717) is 0 Å². The maximum atomic E-state index is 3.58. The van der Waals surface area contributed by atoms with Gasteiger partial charge in [0.1, 0.15) is 0 Å². The van der Waals surface area contributed by atoms with Crippen LogP contribution in [-0.4, -0.2) is 23.6 Å².